The molecule has 2 N–H and O–H groups in total. The summed E-state index contributed by atoms with van der Waals surface area (Å²) in [6, 6.07) is 6.59. The molecule has 3 aromatic heterocycles. The van der Waals surface area contributed by atoms with Gasteiger partial charge in [0.25, 0.3) is 0 Å². The van der Waals surface area contributed by atoms with Crippen LogP contribution in [0.1, 0.15) is 38.2 Å². The third-order valence-corrected chi connectivity index (χ3v) is 6.88. The van der Waals surface area contributed by atoms with E-state index in [0.29, 0.717) is 17.2 Å². The van der Waals surface area contributed by atoms with Crippen molar-refractivity contribution in [2.45, 2.75) is 40.0 Å². The van der Waals surface area contributed by atoms with Crippen LogP contribution in [0.5, 0.6) is 0 Å². The molecule has 0 amide bonds. The summed E-state index contributed by atoms with van der Waals surface area (Å²) in [5.41, 5.74) is 1.88. The van der Waals surface area contributed by atoms with Crippen molar-refractivity contribution in [1.82, 2.24) is 34.3 Å². The number of piperazine rings is 1. The Hall–Kier alpha value is -3.54. The minimum absolute atomic E-state index is 0.0480. The van der Waals surface area contributed by atoms with Crippen molar-refractivity contribution in [3.63, 3.8) is 0 Å². The number of hydrogen-bond acceptors (Lipinski definition) is 8. The first-order valence-corrected chi connectivity index (χ1v) is 12.9. The van der Waals surface area contributed by atoms with E-state index >= 15 is 0 Å². The van der Waals surface area contributed by atoms with Crippen molar-refractivity contribution in [2.24, 2.45) is 0 Å². The zero-order valence-corrected chi connectivity index (χ0v) is 21.8. The van der Waals surface area contributed by atoms with Gasteiger partial charge in [0, 0.05) is 50.5 Å². The van der Waals surface area contributed by atoms with E-state index in [1.54, 1.807) is 10.6 Å². The van der Waals surface area contributed by atoms with Gasteiger partial charge in [-0.3, -0.25) is 4.90 Å². The smallest absolute Gasteiger partial charge is 0.229 e. The monoisotopic (exact) mass is 522 g/mol. The number of nitrogens with zero attached hydrogens (tertiary/aromatic N) is 7. The molecular formula is C27H32F2N8O. The molecule has 1 aliphatic heterocycles. The summed E-state index contributed by atoms with van der Waals surface area (Å²) in [4.78, 5) is 21.9. The SMILES string of the molecule is CCN1CCN(Cc2ccc(Nc3ncc(F)c(-c4cc(F)c5nc(CO)n(C(C)C)c5c4)n3)nc2)CC1. The van der Waals surface area contributed by atoms with E-state index in [1.807, 2.05) is 32.2 Å². The van der Waals surface area contributed by atoms with E-state index < -0.39 is 11.6 Å². The van der Waals surface area contributed by atoms with Gasteiger partial charge in [-0.2, -0.15) is 0 Å². The molecule has 0 radical (unpaired) electrons. The average molecular weight is 523 g/mol. The summed E-state index contributed by atoms with van der Waals surface area (Å²) < 4.78 is 31.5. The molecule has 200 valence electrons. The van der Waals surface area contributed by atoms with Crippen LogP contribution in [0, 0.1) is 11.6 Å². The summed E-state index contributed by atoms with van der Waals surface area (Å²) in [6.45, 7) is 11.8. The molecule has 1 aliphatic rings. The number of halogens is 2. The van der Waals surface area contributed by atoms with Gasteiger partial charge in [0.05, 0.1) is 11.7 Å². The molecule has 1 aromatic carbocycles. The summed E-state index contributed by atoms with van der Waals surface area (Å²) in [7, 11) is 0. The Morgan fingerprint density at radius 2 is 1.74 bits per heavy atom. The van der Waals surface area contributed by atoms with Crippen LogP contribution in [0.25, 0.3) is 22.3 Å². The van der Waals surface area contributed by atoms with E-state index in [1.165, 1.54) is 6.07 Å². The van der Waals surface area contributed by atoms with E-state index in [4.69, 9.17) is 0 Å². The van der Waals surface area contributed by atoms with E-state index in [-0.39, 0.29) is 35.4 Å². The predicted molar refractivity (Wildman–Crippen MR) is 142 cm³/mol. The Labute approximate surface area is 220 Å². The number of anilines is 2. The van der Waals surface area contributed by atoms with Crippen molar-refractivity contribution in [1.29, 1.82) is 0 Å². The van der Waals surface area contributed by atoms with Gasteiger partial charge in [-0.1, -0.05) is 13.0 Å². The molecule has 38 heavy (non-hydrogen) atoms. The number of likely N-dealkylation sites (N-methyl/N-ethyl adjacent to an activating group) is 1. The molecule has 11 heteroatoms. The summed E-state index contributed by atoms with van der Waals surface area (Å²) in [5, 5.41) is 12.7. The lowest BCUT2D eigenvalue weighted by Crippen LogP contribution is -2.45. The Kier molecular flexibility index (Phi) is 7.59. The maximum atomic E-state index is 15.0. The molecule has 9 nitrogen and oxygen atoms in total. The second-order valence-electron chi connectivity index (χ2n) is 9.75. The highest BCUT2D eigenvalue weighted by molar-refractivity contribution is 5.83. The van der Waals surface area contributed by atoms with Crippen molar-refractivity contribution < 1.29 is 13.9 Å². The fourth-order valence-corrected chi connectivity index (χ4v) is 4.88. The van der Waals surface area contributed by atoms with Crippen LogP contribution >= 0.6 is 0 Å². The van der Waals surface area contributed by atoms with Crippen molar-refractivity contribution in [3.05, 3.63) is 59.7 Å². The van der Waals surface area contributed by atoms with Gasteiger partial charge in [-0.15, -0.1) is 0 Å². The van der Waals surface area contributed by atoms with Gasteiger partial charge in [-0.05, 0) is 44.2 Å². The molecule has 0 bridgehead atoms. The van der Waals surface area contributed by atoms with Gasteiger partial charge < -0.3 is 19.9 Å². The van der Waals surface area contributed by atoms with Gasteiger partial charge in [0.1, 0.15) is 29.5 Å². The van der Waals surface area contributed by atoms with E-state index in [0.717, 1.165) is 51.0 Å². The van der Waals surface area contributed by atoms with Gasteiger partial charge >= 0.3 is 0 Å². The van der Waals surface area contributed by atoms with Crippen LogP contribution in [0.3, 0.4) is 0 Å². The molecule has 0 atom stereocenters. The number of aromatic nitrogens is 5. The zero-order valence-electron chi connectivity index (χ0n) is 21.8. The lowest BCUT2D eigenvalue weighted by molar-refractivity contribution is 0.132. The van der Waals surface area contributed by atoms with Crippen LogP contribution < -0.4 is 5.32 Å². The zero-order chi connectivity index (χ0) is 26.8. The highest BCUT2D eigenvalue weighted by Crippen LogP contribution is 2.30. The van der Waals surface area contributed by atoms with Crippen LogP contribution in [0.2, 0.25) is 0 Å². The molecule has 5 rings (SSSR count). The molecule has 4 aromatic rings. The second kappa shape index (κ2) is 11.1. The fourth-order valence-electron chi connectivity index (χ4n) is 4.88. The van der Waals surface area contributed by atoms with E-state index in [2.05, 4.69) is 42.0 Å². The van der Waals surface area contributed by atoms with Crippen molar-refractivity contribution in [3.8, 4) is 11.3 Å². The fraction of sp³-hybridized carbons (Fsp3) is 0.407. The number of fused-ring (bicyclic) bond motifs is 1. The first-order valence-electron chi connectivity index (χ1n) is 12.9. The lowest BCUT2D eigenvalue weighted by Gasteiger charge is -2.33. The summed E-state index contributed by atoms with van der Waals surface area (Å²) in [6.07, 6.45) is 2.87. The number of aliphatic hydroxyl groups is 1. The van der Waals surface area contributed by atoms with Gasteiger partial charge in [-0.25, -0.2) is 28.7 Å². The van der Waals surface area contributed by atoms with Gasteiger partial charge in [0.2, 0.25) is 5.95 Å². The number of benzene rings is 1. The quantitative estimate of drug-likeness (QED) is 0.357. The second-order valence-corrected chi connectivity index (χ2v) is 9.75. The van der Waals surface area contributed by atoms with Crippen LogP contribution in [0.4, 0.5) is 20.5 Å². The minimum Gasteiger partial charge on any atom is -0.388 e. The average Bonchev–Trinajstić information content (AvgIpc) is 3.31. The predicted octanol–water partition coefficient (Wildman–Crippen LogP) is 4.12. The van der Waals surface area contributed by atoms with Crippen molar-refractivity contribution >= 4 is 22.8 Å². The Balaban J connectivity index is 1.36. The van der Waals surface area contributed by atoms with Crippen LogP contribution in [-0.4, -0.2) is 72.1 Å². The first kappa shape index (κ1) is 26.1. The molecule has 1 fully saturated rings. The largest absolute Gasteiger partial charge is 0.388 e. The third kappa shape index (κ3) is 5.35. The number of hydrogen-bond donors (Lipinski definition) is 2. The molecule has 4 heterocycles. The summed E-state index contributed by atoms with van der Waals surface area (Å²) >= 11 is 0. The summed E-state index contributed by atoms with van der Waals surface area (Å²) in [5.74, 6) is -0.291. The van der Waals surface area contributed by atoms with Crippen LogP contribution in [-0.2, 0) is 13.2 Å². The normalized spacial score (nSPS) is 15.0. The Morgan fingerprint density at radius 1 is 0.974 bits per heavy atom. The third-order valence-electron chi connectivity index (χ3n) is 6.88. The molecule has 0 saturated carbocycles. The number of aliphatic hydroxyl groups excluding tert-OH is 1. The number of imidazole rings is 1. The molecule has 0 spiro atoms. The molecule has 0 unspecified atom stereocenters. The molecular weight excluding hydrogens is 490 g/mol. The maximum absolute atomic E-state index is 15.0. The molecule has 1 saturated heterocycles. The Bertz CT molecular complexity index is 1420. The number of pyridine rings is 1. The number of nitrogens with one attached hydrogen (secondary N) is 1. The van der Waals surface area contributed by atoms with Gasteiger partial charge in [0.15, 0.2) is 11.6 Å². The standard InChI is InChI=1S/C27H32F2N8O/c1-4-35-7-9-36(10-8-35)15-18-5-6-23(30-13-18)32-27-31-14-21(29)25(34-27)19-11-20(28)26-22(12-19)37(17(2)3)24(16-38)33-26/h5-6,11-14,17,38H,4,7-10,15-16H2,1-3H3,(H,30,31,32,34). The number of rotatable bonds is 8. The highest BCUT2D eigenvalue weighted by atomic mass is 19.1. The minimum atomic E-state index is -0.682. The molecule has 0 aliphatic carbocycles. The first-order chi connectivity index (χ1) is 18.4. The van der Waals surface area contributed by atoms with Crippen LogP contribution in [0.15, 0.2) is 36.7 Å². The lowest BCUT2D eigenvalue weighted by atomic mass is 10.1. The maximum Gasteiger partial charge on any atom is 0.229 e. The van der Waals surface area contributed by atoms with Crippen molar-refractivity contribution in [2.75, 3.05) is 38.0 Å². The Morgan fingerprint density at radius 3 is 2.39 bits per heavy atom. The topological polar surface area (TPSA) is 95.2 Å². The highest BCUT2D eigenvalue weighted by Gasteiger charge is 2.20. The van der Waals surface area contributed by atoms with E-state index in [9.17, 15) is 13.9 Å².